The Morgan fingerprint density at radius 1 is 0.696 bits per heavy atom. The lowest BCUT2D eigenvalue weighted by molar-refractivity contribution is -0.133. The fourth-order valence-electron chi connectivity index (χ4n) is 7.42. The molecule has 280 valence electrons. The van der Waals surface area contributed by atoms with Crippen molar-refractivity contribution in [1.82, 2.24) is 19.8 Å². The molecule has 6 aromatic rings. The van der Waals surface area contributed by atoms with Gasteiger partial charge < -0.3 is 19.1 Å². The van der Waals surface area contributed by atoms with E-state index in [9.17, 15) is 14.4 Å². The van der Waals surface area contributed by atoms with Crippen molar-refractivity contribution in [3.63, 3.8) is 0 Å². The molecule has 2 aromatic heterocycles. The van der Waals surface area contributed by atoms with Gasteiger partial charge in [-0.3, -0.25) is 24.5 Å². The lowest BCUT2D eigenvalue weighted by Crippen LogP contribution is -2.33. The number of benzene rings is 4. The molecule has 0 saturated heterocycles. The number of fused-ring (bicyclic) bond motifs is 6. The summed E-state index contributed by atoms with van der Waals surface area (Å²) < 4.78 is 18.9. The van der Waals surface area contributed by atoms with Gasteiger partial charge in [0.15, 0.2) is 5.60 Å². The van der Waals surface area contributed by atoms with E-state index in [1.54, 1.807) is 38.5 Å². The number of hydrogen-bond donors (Lipinski definition) is 0. The van der Waals surface area contributed by atoms with E-state index in [2.05, 4.69) is 20.9 Å². The largest absolute Gasteiger partial charge is 0.456 e. The van der Waals surface area contributed by atoms with Crippen molar-refractivity contribution in [3.8, 4) is 17.2 Å². The summed E-state index contributed by atoms with van der Waals surface area (Å²) in [6.45, 7) is 3.69. The third-order valence-corrected chi connectivity index (χ3v) is 10.1. The molecular formula is C46H40N4O6. The van der Waals surface area contributed by atoms with Gasteiger partial charge in [0.05, 0.1) is 29.8 Å². The van der Waals surface area contributed by atoms with Gasteiger partial charge in [-0.05, 0) is 72.1 Å². The predicted octanol–water partition coefficient (Wildman–Crippen LogP) is 7.33. The summed E-state index contributed by atoms with van der Waals surface area (Å²) >= 11 is 0. The summed E-state index contributed by atoms with van der Waals surface area (Å²) in [4.78, 5) is 52.5. The first-order valence-electron chi connectivity index (χ1n) is 18.5. The third kappa shape index (κ3) is 7.26. The van der Waals surface area contributed by atoms with Crippen LogP contribution in [-0.2, 0) is 52.4 Å². The zero-order chi connectivity index (χ0) is 38.8. The molecule has 8 rings (SSSR count). The van der Waals surface area contributed by atoms with Gasteiger partial charge in [-0.15, -0.1) is 0 Å². The van der Waals surface area contributed by atoms with Crippen molar-refractivity contribution < 1.29 is 28.6 Å². The van der Waals surface area contributed by atoms with Crippen molar-refractivity contribution in [2.75, 3.05) is 14.1 Å². The lowest BCUT2D eigenvalue weighted by atomic mass is 9.77. The van der Waals surface area contributed by atoms with Gasteiger partial charge in [0.2, 0.25) is 5.91 Å². The maximum atomic E-state index is 13.7. The molecule has 10 nitrogen and oxygen atoms in total. The minimum absolute atomic E-state index is 0.0382. The van der Waals surface area contributed by atoms with E-state index in [1.807, 2.05) is 104 Å². The Morgan fingerprint density at radius 3 is 2.11 bits per heavy atom. The number of carbonyl (C=O) groups excluding carboxylic acids is 3. The van der Waals surface area contributed by atoms with Crippen LogP contribution in [0.3, 0.4) is 0 Å². The molecule has 0 N–H and O–H groups in total. The topological polar surface area (TPSA) is 111 Å². The second-order valence-corrected chi connectivity index (χ2v) is 14.4. The number of aryl methyl sites for hydroxylation is 1. The van der Waals surface area contributed by atoms with E-state index in [-0.39, 0.29) is 18.7 Å². The van der Waals surface area contributed by atoms with Gasteiger partial charge in [-0.2, -0.15) is 0 Å². The van der Waals surface area contributed by atoms with Gasteiger partial charge in [0.1, 0.15) is 17.2 Å². The average molecular weight is 745 g/mol. The number of ether oxygens (including phenoxy) is 3. The number of pyridine rings is 2. The number of nitrogens with zero attached hydrogens (tertiary/aromatic N) is 4. The molecule has 4 heterocycles. The van der Waals surface area contributed by atoms with Gasteiger partial charge in [-0.1, -0.05) is 66.7 Å². The zero-order valence-electron chi connectivity index (χ0n) is 31.4. The van der Waals surface area contributed by atoms with E-state index >= 15 is 0 Å². The second-order valence-electron chi connectivity index (χ2n) is 14.4. The summed E-state index contributed by atoms with van der Waals surface area (Å²) in [6.07, 6.45) is 3.73. The van der Waals surface area contributed by atoms with Crippen LogP contribution in [0.1, 0.15) is 60.7 Å². The molecule has 0 fully saturated rings. The molecule has 0 saturated carbocycles. The Bertz CT molecular complexity index is 2470. The van der Waals surface area contributed by atoms with E-state index < -0.39 is 17.5 Å². The molecule has 56 heavy (non-hydrogen) atoms. The van der Waals surface area contributed by atoms with Gasteiger partial charge >= 0.3 is 11.9 Å². The number of hydrogen-bond acceptors (Lipinski definition) is 9. The number of carbonyl (C=O) groups is 3. The van der Waals surface area contributed by atoms with Crippen LogP contribution in [-0.4, -0.2) is 51.7 Å². The van der Waals surface area contributed by atoms with Crippen LogP contribution in [0.5, 0.6) is 17.2 Å². The minimum atomic E-state index is -1.27. The maximum absolute atomic E-state index is 13.7. The lowest BCUT2D eigenvalue weighted by Gasteiger charge is -2.37. The van der Waals surface area contributed by atoms with Gasteiger partial charge in [0.25, 0.3) is 0 Å². The number of amides is 1. The Labute approximate surface area is 325 Å². The van der Waals surface area contributed by atoms with E-state index in [1.165, 1.54) is 4.90 Å². The van der Waals surface area contributed by atoms with E-state index in [4.69, 9.17) is 14.2 Å². The molecule has 2 aliphatic rings. The number of esters is 2. The van der Waals surface area contributed by atoms with Crippen LogP contribution in [0.25, 0.3) is 0 Å². The SMILES string of the molecule is Cc1ccnc(CN(Cc2ccccn2)Cc2ccccc2OC(=O)Cc2ccc3c(c2)Oc2cc(CC(=O)N(C)C)ccc2C32OC(=O)c3ccccc32)c1. The van der Waals surface area contributed by atoms with Crippen molar-refractivity contribution in [1.29, 1.82) is 0 Å². The number of rotatable bonds is 11. The van der Waals surface area contributed by atoms with E-state index in [0.717, 1.165) is 28.1 Å². The first kappa shape index (κ1) is 36.3. The normalized spacial score (nSPS) is 15.0. The first-order chi connectivity index (χ1) is 27.2. The van der Waals surface area contributed by atoms with Gasteiger partial charge in [-0.25, -0.2) is 4.79 Å². The Hall–Kier alpha value is -6.65. The monoisotopic (exact) mass is 744 g/mol. The van der Waals surface area contributed by atoms with Crippen LogP contribution < -0.4 is 9.47 Å². The number of para-hydroxylation sites is 1. The number of likely N-dealkylation sites (N-methyl/N-ethyl adjacent to an activating group) is 1. The summed E-state index contributed by atoms with van der Waals surface area (Å²) in [6, 6.07) is 35.8. The highest BCUT2D eigenvalue weighted by atomic mass is 16.6. The number of aromatic nitrogens is 2. The van der Waals surface area contributed by atoms with Crippen molar-refractivity contribution in [3.05, 3.63) is 184 Å². The minimum Gasteiger partial charge on any atom is -0.456 e. The summed E-state index contributed by atoms with van der Waals surface area (Å²) in [7, 11) is 3.43. The highest BCUT2D eigenvalue weighted by Crippen LogP contribution is 2.56. The quantitative estimate of drug-likeness (QED) is 0.0995. The van der Waals surface area contributed by atoms with Crippen LogP contribution in [0.4, 0.5) is 0 Å². The Morgan fingerprint density at radius 2 is 1.38 bits per heavy atom. The molecule has 1 atom stereocenters. The first-order valence-corrected chi connectivity index (χ1v) is 18.5. The molecule has 10 heteroatoms. The second kappa shape index (κ2) is 15.2. The van der Waals surface area contributed by atoms with Crippen LogP contribution in [0, 0.1) is 6.92 Å². The zero-order valence-corrected chi connectivity index (χ0v) is 31.4. The van der Waals surface area contributed by atoms with Crippen LogP contribution in [0.15, 0.2) is 128 Å². The molecular weight excluding hydrogens is 705 g/mol. The van der Waals surface area contributed by atoms with Crippen LogP contribution in [0.2, 0.25) is 0 Å². The highest BCUT2D eigenvalue weighted by Gasteiger charge is 2.53. The Balaban J connectivity index is 1.06. The molecule has 1 spiro atoms. The maximum Gasteiger partial charge on any atom is 0.340 e. The molecule has 0 radical (unpaired) electrons. The highest BCUT2D eigenvalue weighted by molar-refractivity contribution is 5.97. The molecule has 0 aliphatic carbocycles. The summed E-state index contributed by atoms with van der Waals surface area (Å²) in [5.74, 6) is 0.445. The molecule has 0 bridgehead atoms. The predicted molar refractivity (Wildman–Crippen MR) is 209 cm³/mol. The molecule has 1 amide bonds. The summed E-state index contributed by atoms with van der Waals surface area (Å²) in [5.41, 5.74) is 6.44. The smallest absolute Gasteiger partial charge is 0.340 e. The van der Waals surface area contributed by atoms with Crippen molar-refractivity contribution in [2.24, 2.45) is 0 Å². The fraction of sp³-hybridized carbons (Fsp3) is 0.196. The fourth-order valence-corrected chi connectivity index (χ4v) is 7.42. The molecule has 2 aliphatic heterocycles. The Kier molecular flexibility index (Phi) is 9.88. The summed E-state index contributed by atoms with van der Waals surface area (Å²) in [5, 5.41) is 0. The van der Waals surface area contributed by atoms with Crippen LogP contribution >= 0.6 is 0 Å². The van der Waals surface area contributed by atoms with Crippen molar-refractivity contribution >= 4 is 17.8 Å². The molecule has 4 aromatic carbocycles. The van der Waals surface area contributed by atoms with Crippen molar-refractivity contribution in [2.45, 2.75) is 45.0 Å². The standard InChI is InChI=1S/C46H40N4O6/c1-30-19-21-48-35(22-30)29-50(28-34-11-8-9-20-47-34)27-33-10-4-7-14-40(33)55-44(52)26-32-16-18-39-42(24-32)54-41-23-31(25-43(51)49(2)3)15-17-38(41)46(39)37-13-6-5-12-36(37)45(53)56-46/h4-24H,25-29H2,1-3H3. The molecule has 1 unspecified atom stereocenters. The third-order valence-electron chi connectivity index (χ3n) is 10.1. The van der Waals surface area contributed by atoms with E-state index in [0.29, 0.717) is 64.7 Å². The average Bonchev–Trinajstić information content (AvgIpc) is 3.47. The van der Waals surface area contributed by atoms with Gasteiger partial charge in [0, 0.05) is 68.4 Å².